The topological polar surface area (TPSA) is 20.1 Å². The Bertz CT molecular complexity index is 229. The molecular weight excluding hydrogens is 112 g/mol. The van der Waals surface area contributed by atoms with Crippen LogP contribution in [-0.4, -0.2) is 4.98 Å². The minimum Gasteiger partial charge on any atom is -0.376 e. The first-order chi connectivity index (χ1) is 4.38. The summed E-state index contributed by atoms with van der Waals surface area (Å²) < 4.78 is 0. The van der Waals surface area contributed by atoms with Gasteiger partial charge in [-0.2, -0.15) is 0 Å². The van der Waals surface area contributed by atoms with Crippen molar-refractivity contribution < 1.29 is 0 Å². The van der Waals surface area contributed by atoms with Gasteiger partial charge in [0.25, 0.3) is 0 Å². The highest BCUT2D eigenvalue weighted by molar-refractivity contribution is 5.49. The van der Waals surface area contributed by atoms with Crippen LogP contribution >= 0.6 is 0 Å². The summed E-state index contributed by atoms with van der Waals surface area (Å²) >= 11 is 0. The first-order valence-electron chi connectivity index (χ1n) is 2.92. The van der Waals surface area contributed by atoms with Gasteiger partial charge in [0.1, 0.15) is 0 Å². The van der Waals surface area contributed by atoms with Gasteiger partial charge in [0, 0.05) is 5.69 Å². The summed E-state index contributed by atoms with van der Waals surface area (Å²) in [5.41, 5.74) is 1.78. The Morgan fingerprint density at radius 2 is 2.56 bits per heavy atom. The van der Waals surface area contributed by atoms with E-state index in [2.05, 4.69) is 9.83 Å². The van der Waals surface area contributed by atoms with E-state index in [0.29, 0.717) is 0 Å². The van der Waals surface area contributed by atoms with Crippen LogP contribution in [-0.2, 0) is 6.42 Å². The summed E-state index contributed by atoms with van der Waals surface area (Å²) in [5, 5.41) is 0. The Labute approximate surface area is 54.3 Å². The predicted octanol–water partition coefficient (Wildman–Crippen LogP) is 2.13. The van der Waals surface area contributed by atoms with Crippen LogP contribution in [0.2, 0.25) is 0 Å². The van der Waals surface area contributed by atoms with Gasteiger partial charge in [-0.05, 0) is 18.7 Å². The molecule has 1 heterocycles. The van der Waals surface area contributed by atoms with Gasteiger partial charge in [0.15, 0.2) is 0 Å². The van der Waals surface area contributed by atoms with Gasteiger partial charge >= 0.3 is 0 Å². The highest BCUT2D eigenvalue weighted by Crippen LogP contribution is 2.16. The van der Waals surface area contributed by atoms with Crippen LogP contribution < -0.4 is 0 Å². The van der Waals surface area contributed by atoms with Gasteiger partial charge in [0.2, 0.25) is 5.69 Å². The lowest BCUT2D eigenvalue weighted by Crippen LogP contribution is -1.75. The molecule has 0 unspecified atom stereocenters. The smallest absolute Gasteiger partial charge is 0.207 e. The lowest BCUT2D eigenvalue weighted by atomic mass is 10.3. The minimum atomic E-state index is 0.748. The number of rotatable bonds is 1. The summed E-state index contributed by atoms with van der Waals surface area (Å²) in [7, 11) is 0. The maximum atomic E-state index is 6.71. The molecule has 0 saturated carbocycles. The fourth-order valence-electron chi connectivity index (χ4n) is 0.784. The average molecular weight is 120 g/mol. The maximum Gasteiger partial charge on any atom is 0.207 e. The summed E-state index contributed by atoms with van der Waals surface area (Å²) in [6.45, 7) is 8.74. The SMILES string of the molecule is [C-]#[N+]c1cc[nH]c1CC. The zero-order valence-corrected chi connectivity index (χ0v) is 5.31. The first kappa shape index (κ1) is 5.90. The van der Waals surface area contributed by atoms with E-state index in [1.807, 2.05) is 6.92 Å². The molecule has 0 radical (unpaired) electrons. The maximum absolute atomic E-state index is 6.71. The minimum absolute atomic E-state index is 0.748. The van der Waals surface area contributed by atoms with Gasteiger partial charge in [-0.3, -0.25) is 0 Å². The number of aromatic nitrogens is 1. The Kier molecular flexibility index (Phi) is 1.55. The number of nitrogens with zero attached hydrogens (tertiary/aromatic N) is 1. The van der Waals surface area contributed by atoms with Gasteiger partial charge < -0.3 is 4.98 Å². The number of nitrogens with one attached hydrogen (secondary N) is 1. The van der Waals surface area contributed by atoms with Gasteiger partial charge in [-0.1, -0.05) is 6.92 Å². The molecule has 0 saturated heterocycles. The fourth-order valence-corrected chi connectivity index (χ4v) is 0.784. The molecular formula is C7H8N2. The zero-order chi connectivity index (χ0) is 6.69. The molecule has 0 atom stereocenters. The molecule has 0 aliphatic carbocycles. The number of aryl methyl sites for hydroxylation is 1. The third-order valence-electron chi connectivity index (χ3n) is 1.28. The summed E-state index contributed by atoms with van der Waals surface area (Å²) in [6, 6.07) is 1.80. The summed E-state index contributed by atoms with van der Waals surface area (Å²) in [4.78, 5) is 6.31. The highest BCUT2D eigenvalue weighted by atomic mass is 14.8. The van der Waals surface area contributed by atoms with Crippen molar-refractivity contribution >= 4 is 5.69 Å². The van der Waals surface area contributed by atoms with E-state index in [4.69, 9.17) is 6.57 Å². The average Bonchev–Trinajstić information content (AvgIpc) is 2.33. The van der Waals surface area contributed by atoms with Crippen LogP contribution in [0.1, 0.15) is 12.6 Å². The van der Waals surface area contributed by atoms with Crippen molar-refractivity contribution in [3.8, 4) is 0 Å². The molecule has 1 aromatic heterocycles. The Morgan fingerprint density at radius 3 is 3.00 bits per heavy atom. The van der Waals surface area contributed by atoms with Gasteiger partial charge in [-0.15, -0.1) is 0 Å². The third kappa shape index (κ3) is 0.945. The first-order valence-corrected chi connectivity index (χ1v) is 2.92. The molecule has 9 heavy (non-hydrogen) atoms. The molecule has 2 heteroatoms. The molecule has 0 amide bonds. The molecule has 0 bridgehead atoms. The summed E-state index contributed by atoms with van der Waals surface area (Å²) in [6.07, 6.45) is 2.71. The van der Waals surface area contributed by atoms with Crippen molar-refractivity contribution in [1.29, 1.82) is 0 Å². The van der Waals surface area contributed by atoms with Crippen LogP contribution in [0.3, 0.4) is 0 Å². The number of hydrogen-bond donors (Lipinski definition) is 1. The molecule has 46 valence electrons. The van der Waals surface area contributed by atoms with E-state index in [0.717, 1.165) is 17.8 Å². The van der Waals surface area contributed by atoms with Gasteiger partial charge in [-0.25, -0.2) is 4.85 Å². The van der Waals surface area contributed by atoms with Crippen molar-refractivity contribution in [1.82, 2.24) is 4.98 Å². The molecule has 0 aromatic carbocycles. The van der Waals surface area contributed by atoms with Crippen LogP contribution in [0.4, 0.5) is 5.69 Å². The molecule has 1 rings (SSSR count). The van der Waals surface area contributed by atoms with Gasteiger partial charge in [0.05, 0.1) is 6.57 Å². The highest BCUT2D eigenvalue weighted by Gasteiger charge is 1.97. The Hall–Kier alpha value is -1.23. The number of H-pyrrole nitrogens is 1. The third-order valence-corrected chi connectivity index (χ3v) is 1.28. The molecule has 0 aliphatic heterocycles. The van der Waals surface area contributed by atoms with Crippen LogP contribution in [0.15, 0.2) is 12.3 Å². The molecule has 0 spiro atoms. The van der Waals surface area contributed by atoms with Crippen LogP contribution in [0.25, 0.3) is 4.85 Å². The lowest BCUT2D eigenvalue weighted by molar-refractivity contribution is 1.07. The van der Waals surface area contributed by atoms with Crippen LogP contribution in [0, 0.1) is 6.57 Å². The molecule has 1 aromatic rings. The van der Waals surface area contributed by atoms with Crippen molar-refractivity contribution in [2.45, 2.75) is 13.3 Å². The van der Waals surface area contributed by atoms with E-state index < -0.39 is 0 Å². The molecule has 0 fully saturated rings. The second-order valence-corrected chi connectivity index (χ2v) is 1.81. The Balaban J connectivity index is 3.02. The molecule has 1 N–H and O–H groups in total. The summed E-state index contributed by atoms with van der Waals surface area (Å²) in [5.74, 6) is 0. The quantitative estimate of drug-likeness (QED) is 0.548. The standard InChI is InChI=1S/C7H8N2/c1-3-6-7(8-2)4-5-9-6/h4-5,9H,3H2,1H3. The predicted molar refractivity (Wildman–Crippen MR) is 36.4 cm³/mol. The second kappa shape index (κ2) is 2.36. The molecule has 2 nitrogen and oxygen atoms in total. The second-order valence-electron chi connectivity index (χ2n) is 1.81. The Morgan fingerprint density at radius 1 is 1.78 bits per heavy atom. The van der Waals surface area contributed by atoms with Crippen molar-refractivity contribution in [3.05, 3.63) is 29.4 Å². The lowest BCUT2D eigenvalue weighted by Gasteiger charge is -1.87. The van der Waals surface area contributed by atoms with E-state index >= 15 is 0 Å². The zero-order valence-electron chi connectivity index (χ0n) is 5.31. The monoisotopic (exact) mass is 120 g/mol. The largest absolute Gasteiger partial charge is 0.376 e. The normalized spacial score (nSPS) is 8.89. The molecule has 0 aliphatic rings. The van der Waals surface area contributed by atoms with Crippen molar-refractivity contribution in [2.75, 3.05) is 0 Å². The van der Waals surface area contributed by atoms with E-state index in [1.165, 1.54) is 0 Å². The van der Waals surface area contributed by atoms with E-state index in [9.17, 15) is 0 Å². The fraction of sp³-hybridized carbons (Fsp3) is 0.286. The number of aromatic amines is 1. The van der Waals surface area contributed by atoms with E-state index in [-0.39, 0.29) is 0 Å². The van der Waals surface area contributed by atoms with Crippen molar-refractivity contribution in [3.63, 3.8) is 0 Å². The van der Waals surface area contributed by atoms with Crippen LogP contribution in [0.5, 0.6) is 0 Å². The van der Waals surface area contributed by atoms with Crippen molar-refractivity contribution in [2.24, 2.45) is 0 Å². The number of hydrogen-bond acceptors (Lipinski definition) is 0. The van der Waals surface area contributed by atoms with E-state index in [1.54, 1.807) is 12.3 Å².